The number of benzene rings is 1. The summed E-state index contributed by atoms with van der Waals surface area (Å²) in [5.74, 6) is -0.0662. The summed E-state index contributed by atoms with van der Waals surface area (Å²) in [6, 6.07) is 10.3. The summed E-state index contributed by atoms with van der Waals surface area (Å²) in [6.45, 7) is 0. The maximum Gasteiger partial charge on any atom is 0.195 e. The topological polar surface area (TPSA) is 66.0 Å². The minimum Gasteiger partial charge on any atom is -0.508 e. The molecule has 0 saturated heterocycles. The second-order valence-corrected chi connectivity index (χ2v) is 5.96. The molecule has 0 aliphatic heterocycles. The van der Waals surface area contributed by atoms with Gasteiger partial charge in [-0.25, -0.2) is 4.98 Å². The summed E-state index contributed by atoms with van der Waals surface area (Å²) >= 11 is 1.61. The van der Waals surface area contributed by atoms with Crippen LogP contribution in [0.1, 0.15) is 15.9 Å². The van der Waals surface area contributed by atoms with Gasteiger partial charge in [0.1, 0.15) is 11.4 Å². The molecule has 0 fully saturated rings. The fraction of sp³-hybridized carbons (Fsp3) is 0. The number of phenolic OH excluding ortho intramolecular Hbond substituents is 1. The molecule has 0 unspecified atom stereocenters. The average molecular weight is 320 g/mol. The van der Waals surface area contributed by atoms with Crippen LogP contribution < -0.4 is 0 Å². The quantitative estimate of drug-likeness (QED) is 0.555. The first-order valence-electron chi connectivity index (χ1n) is 7.06. The standard InChI is InChI=1S/C18H12N2O2S/c21-13-3-1-2-11(8-13)17(22)15-9-20-18-16(15)14(4-6-19-18)12-5-7-23-10-12/h1-10,21H,(H,19,20). The maximum absolute atomic E-state index is 12.8. The molecule has 112 valence electrons. The van der Waals surface area contributed by atoms with E-state index in [1.165, 1.54) is 6.07 Å². The van der Waals surface area contributed by atoms with Crippen LogP contribution in [-0.4, -0.2) is 20.9 Å². The third kappa shape index (κ3) is 2.31. The van der Waals surface area contributed by atoms with Gasteiger partial charge in [0, 0.05) is 23.3 Å². The van der Waals surface area contributed by atoms with Crippen LogP contribution in [0.25, 0.3) is 22.2 Å². The Balaban J connectivity index is 1.93. The molecule has 0 saturated carbocycles. The second-order valence-electron chi connectivity index (χ2n) is 5.18. The number of nitrogens with one attached hydrogen (secondary N) is 1. The number of phenols is 1. The summed E-state index contributed by atoms with van der Waals surface area (Å²) in [5.41, 5.74) is 3.72. The highest BCUT2D eigenvalue weighted by atomic mass is 32.1. The number of rotatable bonds is 3. The van der Waals surface area contributed by atoms with E-state index in [1.54, 1.807) is 41.9 Å². The van der Waals surface area contributed by atoms with Crippen molar-refractivity contribution in [3.8, 4) is 16.9 Å². The SMILES string of the molecule is O=C(c1cccc(O)c1)c1c[nH]c2nccc(-c3ccsc3)c12. The van der Waals surface area contributed by atoms with Gasteiger partial charge in [0.25, 0.3) is 0 Å². The van der Waals surface area contributed by atoms with Gasteiger partial charge >= 0.3 is 0 Å². The number of aromatic hydroxyl groups is 1. The van der Waals surface area contributed by atoms with Crippen molar-refractivity contribution >= 4 is 28.2 Å². The van der Waals surface area contributed by atoms with Crippen LogP contribution in [0.5, 0.6) is 5.75 Å². The molecule has 3 heterocycles. The number of H-pyrrole nitrogens is 1. The summed E-state index contributed by atoms with van der Waals surface area (Å²) < 4.78 is 0. The molecule has 5 heteroatoms. The van der Waals surface area contributed by atoms with Gasteiger partial charge < -0.3 is 10.1 Å². The molecule has 2 N–H and O–H groups in total. The van der Waals surface area contributed by atoms with Crippen molar-refractivity contribution in [1.82, 2.24) is 9.97 Å². The summed E-state index contributed by atoms with van der Waals surface area (Å²) in [7, 11) is 0. The lowest BCUT2D eigenvalue weighted by atomic mass is 9.98. The van der Waals surface area contributed by atoms with Crippen LogP contribution in [0.2, 0.25) is 0 Å². The normalized spacial score (nSPS) is 11.0. The van der Waals surface area contributed by atoms with E-state index in [0.29, 0.717) is 16.8 Å². The fourth-order valence-electron chi connectivity index (χ4n) is 2.70. The molecule has 4 rings (SSSR count). The molecule has 4 aromatic rings. The van der Waals surface area contributed by atoms with E-state index in [1.807, 2.05) is 22.9 Å². The molecule has 0 amide bonds. The Morgan fingerprint density at radius 3 is 2.91 bits per heavy atom. The van der Waals surface area contributed by atoms with Crippen LogP contribution in [0.3, 0.4) is 0 Å². The third-order valence-corrected chi connectivity index (χ3v) is 4.44. The molecule has 0 radical (unpaired) electrons. The number of pyridine rings is 1. The van der Waals surface area contributed by atoms with Gasteiger partial charge in [-0.1, -0.05) is 12.1 Å². The molecule has 0 bridgehead atoms. The number of hydrogen-bond acceptors (Lipinski definition) is 4. The number of fused-ring (bicyclic) bond motifs is 1. The highest BCUT2D eigenvalue weighted by molar-refractivity contribution is 7.08. The molecule has 0 spiro atoms. The molecular formula is C18H12N2O2S. The molecule has 3 aromatic heterocycles. The number of nitrogens with zero attached hydrogens (tertiary/aromatic N) is 1. The Kier molecular flexibility index (Phi) is 3.20. The number of hydrogen-bond donors (Lipinski definition) is 2. The Labute approximate surface area is 136 Å². The van der Waals surface area contributed by atoms with Crippen LogP contribution in [0.4, 0.5) is 0 Å². The summed E-state index contributed by atoms with van der Waals surface area (Å²) in [6.07, 6.45) is 3.41. The van der Waals surface area contributed by atoms with Crippen LogP contribution in [0.15, 0.2) is 59.6 Å². The minimum absolute atomic E-state index is 0.0758. The first kappa shape index (κ1) is 13.7. The number of aromatic nitrogens is 2. The predicted octanol–water partition coefficient (Wildman–Crippen LogP) is 4.23. The number of carbonyl (C=O) groups excluding carboxylic acids is 1. The average Bonchev–Trinajstić information content (AvgIpc) is 3.23. The van der Waals surface area contributed by atoms with Gasteiger partial charge in [0.2, 0.25) is 0 Å². The lowest BCUT2D eigenvalue weighted by Gasteiger charge is -2.04. The predicted molar refractivity (Wildman–Crippen MR) is 90.9 cm³/mol. The molecule has 1 aromatic carbocycles. The lowest BCUT2D eigenvalue weighted by Crippen LogP contribution is -2.00. The van der Waals surface area contributed by atoms with Crippen molar-refractivity contribution in [2.75, 3.05) is 0 Å². The summed E-state index contributed by atoms with van der Waals surface area (Å²) in [4.78, 5) is 20.2. The van der Waals surface area contributed by atoms with Crippen molar-refractivity contribution in [3.05, 3.63) is 70.7 Å². The fourth-order valence-corrected chi connectivity index (χ4v) is 3.35. The number of ketones is 1. The highest BCUT2D eigenvalue weighted by Gasteiger charge is 2.18. The maximum atomic E-state index is 12.8. The zero-order chi connectivity index (χ0) is 15.8. The van der Waals surface area contributed by atoms with Gasteiger partial charge in [-0.2, -0.15) is 11.3 Å². The van der Waals surface area contributed by atoms with Crippen LogP contribution in [0, 0.1) is 0 Å². The minimum atomic E-state index is -0.142. The molecular weight excluding hydrogens is 308 g/mol. The van der Waals surface area contributed by atoms with Crippen LogP contribution >= 0.6 is 11.3 Å². The second kappa shape index (κ2) is 5.37. The van der Waals surface area contributed by atoms with E-state index in [0.717, 1.165) is 16.5 Å². The highest BCUT2D eigenvalue weighted by Crippen LogP contribution is 2.32. The Bertz CT molecular complexity index is 1000. The molecule has 4 nitrogen and oxygen atoms in total. The van der Waals surface area contributed by atoms with Crippen molar-refractivity contribution < 1.29 is 9.90 Å². The van der Waals surface area contributed by atoms with Gasteiger partial charge in [-0.05, 0) is 46.2 Å². The van der Waals surface area contributed by atoms with Crippen LogP contribution in [-0.2, 0) is 0 Å². The number of carbonyl (C=O) groups is 1. The van der Waals surface area contributed by atoms with Gasteiger partial charge in [-0.3, -0.25) is 4.79 Å². The molecule has 0 aliphatic rings. The Morgan fingerprint density at radius 1 is 1.22 bits per heavy atom. The Hall–Kier alpha value is -2.92. The van der Waals surface area contributed by atoms with Gasteiger partial charge in [-0.15, -0.1) is 0 Å². The monoisotopic (exact) mass is 320 g/mol. The zero-order valence-corrected chi connectivity index (χ0v) is 12.8. The third-order valence-electron chi connectivity index (χ3n) is 3.76. The number of aromatic amines is 1. The first-order chi connectivity index (χ1) is 11.2. The van der Waals surface area contributed by atoms with E-state index in [4.69, 9.17) is 0 Å². The summed E-state index contributed by atoms with van der Waals surface area (Å²) in [5, 5.41) is 14.5. The first-order valence-corrected chi connectivity index (χ1v) is 8.01. The van der Waals surface area contributed by atoms with E-state index >= 15 is 0 Å². The van der Waals surface area contributed by atoms with Crippen molar-refractivity contribution in [3.63, 3.8) is 0 Å². The van der Waals surface area contributed by atoms with Gasteiger partial charge in [0.15, 0.2) is 5.78 Å². The van der Waals surface area contributed by atoms with Crippen molar-refractivity contribution in [2.45, 2.75) is 0 Å². The molecule has 23 heavy (non-hydrogen) atoms. The molecule has 0 atom stereocenters. The lowest BCUT2D eigenvalue weighted by molar-refractivity contribution is 0.104. The van der Waals surface area contributed by atoms with Crippen molar-refractivity contribution in [1.29, 1.82) is 0 Å². The van der Waals surface area contributed by atoms with Gasteiger partial charge in [0.05, 0.1) is 5.56 Å². The largest absolute Gasteiger partial charge is 0.508 e. The van der Waals surface area contributed by atoms with Crippen molar-refractivity contribution in [2.24, 2.45) is 0 Å². The van der Waals surface area contributed by atoms with E-state index in [9.17, 15) is 9.90 Å². The van der Waals surface area contributed by atoms with E-state index in [2.05, 4.69) is 9.97 Å². The molecule has 0 aliphatic carbocycles. The van der Waals surface area contributed by atoms with E-state index < -0.39 is 0 Å². The van der Waals surface area contributed by atoms with E-state index in [-0.39, 0.29) is 11.5 Å². The smallest absolute Gasteiger partial charge is 0.195 e. The number of thiophene rings is 1. The zero-order valence-electron chi connectivity index (χ0n) is 12.0. The Morgan fingerprint density at radius 2 is 2.13 bits per heavy atom.